The first-order valence-electron chi connectivity index (χ1n) is 15.4. The lowest BCUT2D eigenvalue weighted by molar-refractivity contribution is -0.115. The van der Waals surface area contributed by atoms with E-state index in [2.05, 4.69) is 21.7 Å². The minimum Gasteiger partial charge on any atom is -0.491 e. The van der Waals surface area contributed by atoms with Crippen molar-refractivity contribution in [3.05, 3.63) is 76.7 Å². The van der Waals surface area contributed by atoms with Crippen molar-refractivity contribution in [3.8, 4) is 17.0 Å². The molecule has 0 aliphatic carbocycles. The summed E-state index contributed by atoms with van der Waals surface area (Å²) in [5.41, 5.74) is 4.54. The number of carbonyl (C=O) groups is 3. The standard InChI is InChI=1S/C34H40N6O6S/c1-22-30(25-9-10-27-24(19-25)11-13-40(27)31(42)28-20-35-21-39(28)5)38-32(47-22)37-29(41)18-23-7-6-8-26(17-23)45-16-15-44-14-12-36-33(43)46-34(2,3)4/h6-10,17,19-21H,11-16,18H2,1-5H3,(H,36,43)(H,37,38,41). The average molecular weight is 661 g/mol. The van der Waals surface area contributed by atoms with Gasteiger partial charge in [0.2, 0.25) is 5.91 Å². The molecule has 1 aliphatic heterocycles. The van der Waals surface area contributed by atoms with Crippen molar-refractivity contribution in [2.24, 2.45) is 7.05 Å². The smallest absolute Gasteiger partial charge is 0.407 e. The number of amides is 3. The molecule has 0 saturated carbocycles. The number of nitrogens with zero attached hydrogens (tertiary/aromatic N) is 4. The van der Waals surface area contributed by atoms with Crippen LogP contribution in [0.4, 0.5) is 15.6 Å². The Morgan fingerprint density at radius 1 is 1.06 bits per heavy atom. The fourth-order valence-electron chi connectivity index (χ4n) is 5.13. The minimum atomic E-state index is -0.545. The number of alkyl carbamates (subject to hydrolysis) is 1. The molecule has 0 fully saturated rings. The second-order valence-electron chi connectivity index (χ2n) is 12.1. The van der Waals surface area contributed by atoms with Gasteiger partial charge in [-0.2, -0.15) is 0 Å². The van der Waals surface area contributed by atoms with E-state index in [1.54, 1.807) is 42.8 Å². The Labute approximate surface area is 278 Å². The number of aryl methyl sites for hydroxylation is 2. The van der Waals surface area contributed by atoms with Crippen LogP contribution in [-0.2, 0) is 34.2 Å². The number of hydrogen-bond donors (Lipinski definition) is 2. The summed E-state index contributed by atoms with van der Waals surface area (Å²) in [5, 5.41) is 6.11. The van der Waals surface area contributed by atoms with Gasteiger partial charge in [0.25, 0.3) is 5.91 Å². The number of imidazole rings is 1. The molecule has 3 heterocycles. The molecule has 2 N–H and O–H groups in total. The highest BCUT2D eigenvalue weighted by Crippen LogP contribution is 2.36. The van der Waals surface area contributed by atoms with Gasteiger partial charge in [-0.15, -0.1) is 11.3 Å². The van der Waals surface area contributed by atoms with Crippen LogP contribution >= 0.6 is 11.3 Å². The third-order valence-corrected chi connectivity index (χ3v) is 8.13. The van der Waals surface area contributed by atoms with Crippen LogP contribution in [0.3, 0.4) is 0 Å². The van der Waals surface area contributed by atoms with E-state index in [0.717, 1.165) is 39.4 Å². The Kier molecular flexibility index (Phi) is 10.6. The molecular weight excluding hydrogens is 620 g/mol. The number of aromatic nitrogens is 3. The molecule has 0 saturated heterocycles. The van der Waals surface area contributed by atoms with Crippen LogP contribution in [0.15, 0.2) is 55.0 Å². The molecule has 2 aromatic heterocycles. The highest BCUT2D eigenvalue weighted by Gasteiger charge is 2.28. The van der Waals surface area contributed by atoms with E-state index >= 15 is 0 Å². The van der Waals surface area contributed by atoms with Gasteiger partial charge in [0.1, 0.15) is 23.7 Å². The van der Waals surface area contributed by atoms with Crippen molar-refractivity contribution in [2.45, 2.75) is 46.1 Å². The molecule has 0 atom stereocenters. The van der Waals surface area contributed by atoms with Crippen LogP contribution in [0.2, 0.25) is 0 Å². The molecule has 248 valence electrons. The maximum Gasteiger partial charge on any atom is 0.407 e. The molecular formula is C34H40N6O6S. The van der Waals surface area contributed by atoms with Crippen LogP contribution in [0.5, 0.6) is 5.75 Å². The van der Waals surface area contributed by atoms with Gasteiger partial charge in [-0.25, -0.2) is 14.8 Å². The predicted octanol–water partition coefficient (Wildman–Crippen LogP) is 5.16. The van der Waals surface area contributed by atoms with Gasteiger partial charge in [-0.3, -0.25) is 9.59 Å². The summed E-state index contributed by atoms with van der Waals surface area (Å²) in [5.74, 6) is 0.385. The summed E-state index contributed by atoms with van der Waals surface area (Å²) < 4.78 is 18.2. The minimum absolute atomic E-state index is 0.0704. The summed E-state index contributed by atoms with van der Waals surface area (Å²) in [6.07, 6.45) is 3.65. The number of fused-ring (bicyclic) bond motifs is 1. The van der Waals surface area contributed by atoms with Gasteiger partial charge in [-0.05, 0) is 69.5 Å². The molecule has 0 radical (unpaired) electrons. The van der Waals surface area contributed by atoms with E-state index < -0.39 is 11.7 Å². The van der Waals surface area contributed by atoms with E-state index in [1.165, 1.54) is 11.3 Å². The molecule has 13 heteroatoms. The maximum absolute atomic E-state index is 13.1. The highest BCUT2D eigenvalue weighted by molar-refractivity contribution is 7.16. The van der Waals surface area contributed by atoms with Gasteiger partial charge in [-0.1, -0.05) is 18.2 Å². The Bertz CT molecular complexity index is 1740. The zero-order valence-electron chi connectivity index (χ0n) is 27.3. The van der Waals surface area contributed by atoms with Crippen LogP contribution in [0, 0.1) is 6.92 Å². The van der Waals surface area contributed by atoms with Gasteiger partial charge in [0, 0.05) is 36.3 Å². The Hall–Kier alpha value is -4.75. The third kappa shape index (κ3) is 8.95. The first-order chi connectivity index (χ1) is 22.5. The summed E-state index contributed by atoms with van der Waals surface area (Å²) in [6, 6.07) is 13.4. The number of carbonyl (C=O) groups excluding carboxylic acids is 3. The van der Waals surface area contributed by atoms with Gasteiger partial charge in [0.05, 0.1) is 37.9 Å². The fourth-order valence-corrected chi connectivity index (χ4v) is 5.99. The van der Waals surface area contributed by atoms with E-state index in [-0.39, 0.29) is 18.2 Å². The number of ether oxygens (including phenoxy) is 3. The lowest BCUT2D eigenvalue weighted by atomic mass is 10.1. The van der Waals surface area contributed by atoms with E-state index in [1.807, 2.05) is 50.4 Å². The van der Waals surface area contributed by atoms with Crippen LogP contribution in [0.1, 0.15) is 47.3 Å². The number of nitrogens with one attached hydrogen (secondary N) is 2. The molecule has 0 bridgehead atoms. The largest absolute Gasteiger partial charge is 0.491 e. The molecule has 12 nitrogen and oxygen atoms in total. The summed E-state index contributed by atoms with van der Waals surface area (Å²) in [4.78, 5) is 49.2. The molecule has 3 amide bonds. The van der Waals surface area contributed by atoms with Crippen LogP contribution < -0.4 is 20.3 Å². The molecule has 4 aromatic rings. The predicted molar refractivity (Wildman–Crippen MR) is 180 cm³/mol. The Morgan fingerprint density at radius 3 is 2.66 bits per heavy atom. The number of benzene rings is 2. The topological polar surface area (TPSA) is 137 Å². The lowest BCUT2D eigenvalue weighted by Crippen LogP contribution is -2.34. The Morgan fingerprint density at radius 2 is 1.89 bits per heavy atom. The first kappa shape index (κ1) is 33.6. The van der Waals surface area contributed by atoms with Crippen molar-refractivity contribution >= 4 is 40.1 Å². The Balaban J connectivity index is 1.09. The quantitative estimate of drug-likeness (QED) is 0.199. The molecule has 0 spiro atoms. The van der Waals surface area contributed by atoms with Crippen LogP contribution in [-0.4, -0.2) is 71.0 Å². The second-order valence-corrected chi connectivity index (χ2v) is 13.3. The van der Waals surface area contributed by atoms with E-state index in [9.17, 15) is 14.4 Å². The van der Waals surface area contributed by atoms with Crippen molar-refractivity contribution in [1.29, 1.82) is 0 Å². The number of rotatable bonds is 12. The average Bonchev–Trinajstić information content (AvgIpc) is 3.73. The number of hydrogen-bond acceptors (Lipinski definition) is 9. The zero-order chi connectivity index (χ0) is 33.6. The second kappa shape index (κ2) is 14.8. The lowest BCUT2D eigenvalue weighted by Gasteiger charge is -2.19. The van der Waals surface area contributed by atoms with Gasteiger partial charge >= 0.3 is 6.09 Å². The van der Waals surface area contributed by atoms with Crippen molar-refractivity contribution in [3.63, 3.8) is 0 Å². The number of thiazole rings is 1. The van der Waals surface area contributed by atoms with Crippen molar-refractivity contribution < 1.29 is 28.6 Å². The molecule has 2 aromatic carbocycles. The number of anilines is 2. The van der Waals surface area contributed by atoms with Crippen LogP contribution in [0.25, 0.3) is 11.3 Å². The first-order valence-corrected chi connectivity index (χ1v) is 16.2. The van der Waals surface area contributed by atoms with Crippen molar-refractivity contribution in [2.75, 3.05) is 43.1 Å². The molecule has 0 unspecified atom stereocenters. The summed E-state index contributed by atoms with van der Waals surface area (Å²) >= 11 is 1.43. The third-order valence-electron chi connectivity index (χ3n) is 7.25. The summed E-state index contributed by atoms with van der Waals surface area (Å²) in [7, 11) is 1.81. The highest BCUT2D eigenvalue weighted by atomic mass is 32.1. The van der Waals surface area contributed by atoms with E-state index in [4.69, 9.17) is 19.2 Å². The monoisotopic (exact) mass is 660 g/mol. The van der Waals surface area contributed by atoms with Gasteiger partial charge in [0.15, 0.2) is 5.13 Å². The SMILES string of the molecule is Cc1sc(NC(=O)Cc2cccc(OCCOCCNC(=O)OC(C)(C)C)c2)nc1-c1ccc2c(c1)CCN2C(=O)c1cncn1C. The summed E-state index contributed by atoms with van der Waals surface area (Å²) in [6.45, 7) is 9.35. The van der Waals surface area contributed by atoms with Gasteiger partial charge < -0.3 is 34.3 Å². The molecule has 1 aliphatic rings. The molecule has 5 rings (SSSR count). The van der Waals surface area contributed by atoms with E-state index in [0.29, 0.717) is 49.5 Å². The zero-order valence-corrected chi connectivity index (χ0v) is 28.1. The maximum atomic E-state index is 13.1. The molecule has 47 heavy (non-hydrogen) atoms. The normalized spacial score (nSPS) is 12.5. The van der Waals surface area contributed by atoms with Crippen molar-refractivity contribution in [1.82, 2.24) is 19.9 Å². The fraction of sp³-hybridized carbons (Fsp3) is 0.382.